The van der Waals surface area contributed by atoms with Crippen LogP contribution in [0.4, 0.5) is 0 Å². The van der Waals surface area contributed by atoms with Crippen LogP contribution >= 0.6 is 0 Å². The molecule has 0 saturated carbocycles. The largest absolute Gasteiger partial charge is 0.334 e. The molecule has 0 fully saturated rings. The molecule has 0 radical (unpaired) electrons. The molecule has 6 heteroatoms. The van der Waals surface area contributed by atoms with E-state index in [0.29, 0.717) is 18.2 Å². The van der Waals surface area contributed by atoms with E-state index in [1.165, 1.54) is 0 Å². The van der Waals surface area contributed by atoms with Gasteiger partial charge in [0.25, 0.3) is 5.91 Å². The van der Waals surface area contributed by atoms with Crippen LogP contribution in [0.1, 0.15) is 47.3 Å². The molecule has 108 valence electrons. The summed E-state index contributed by atoms with van der Waals surface area (Å²) in [6, 6.07) is 3.80. The number of carbonyl (C=O) groups excluding carboxylic acids is 1. The van der Waals surface area contributed by atoms with E-state index < -0.39 is 0 Å². The van der Waals surface area contributed by atoms with E-state index in [4.69, 9.17) is 0 Å². The lowest BCUT2D eigenvalue weighted by Gasteiger charge is -2.15. The highest BCUT2D eigenvalue weighted by molar-refractivity contribution is 5.92. The Hall–Kier alpha value is -2.11. The van der Waals surface area contributed by atoms with Crippen LogP contribution in [0, 0.1) is 6.92 Å². The minimum absolute atomic E-state index is 0.0486. The molecular formula is C14H21N5O. The van der Waals surface area contributed by atoms with Crippen molar-refractivity contribution in [2.75, 3.05) is 7.05 Å². The van der Waals surface area contributed by atoms with E-state index in [0.717, 1.165) is 17.1 Å². The van der Waals surface area contributed by atoms with Gasteiger partial charge in [-0.3, -0.25) is 14.6 Å². The molecule has 0 aromatic carbocycles. The predicted molar refractivity (Wildman–Crippen MR) is 76.4 cm³/mol. The first kappa shape index (κ1) is 14.3. The van der Waals surface area contributed by atoms with Gasteiger partial charge >= 0.3 is 0 Å². The fraction of sp³-hybridized carbons (Fsp3) is 0.500. The first-order valence-electron chi connectivity index (χ1n) is 6.68. The number of aromatic amines is 1. The Labute approximate surface area is 118 Å². The van der Waals surface area contributed by atoms with Gasteiger partial charge in [-0.1, -0.05) is 13.8 Å². The van der Waals surface area contributed by atoms with Crippen molar-refractivity contribution < 1.29 is 4.79 Å². The molecule has 0 aliphatic carbocycles. The van der Waals surface area contributed by atoms with E-state index in [-0.39, 0.29) is 5.91 Å². The fourth-order valence-corrected chi connectivity index (χ4v) is 2.04. The standard InChI is InChI=1S/C14H21N5O/c1-9(2)12-7-13(19(5)17-12)14(20)18(4)8-11-6-10(3)15-16-11/h6-7,9H,8H2,1-5H3,(H,15,16). The monoisotopic (exact) mass is 275 g/mol. The fourth-order valence-electron chi connectivity index (χ4n) is 2.04. The van der Waals surface area contributed by atoms with Crippen LogP contribution in [-0.2, 0) is 13.6 Å². The molecule has 2 rings (SSSR count). The average Bonchev–Trinajstić information content (AvgIpc) is 2.95. The minimum atomic E-state index is -0.0486. The van der Waals surface area contributed by atoms with Gasteiger partial charge < -0.3 is 4.90 Å². The van der Waals surface area contributed by atoms with Gasteiger partial charge in [-0.15, -0.1) is 0 Å². The predicted octanol–water partition coefficient (Wildman–Crippen LogP) is 1.85. The van der Waals surface area contributed by atoms with Gasteiger partial charge in [-0.2, -0.15) is 10.2 Å². The van der Waals surface area contributed by atoms with Crippen molar-refractivity contribution in [2.45, 2.75) is 33.2 Å². The van der Waals surface area contributed by atoms with Crippen molar-refractivity contribution in [3.8, 4) is 0 Å². The number of hydrogen-bond donors (Lipinski definition) is 1. The zero-order valence-corrected chi connectivity index (χ0v) is 12.6. The maximum absolute atomic E-state index is 12.4. The number of carbonyl (C=O) groups is 1. The van der Waals surface area contributed by atoms with Gasteiger partial charge in [-0.05, 0) is 25.0 Å². The Morgan fingerprint density at radius 3 is 2.65 bits per heavy atom. The van der Waals surface area contributed by atoms with Crippen LogP contribution < -0.4 is 0 Å². The second-order valence-corrected chi connectivity index (χ2v) is 5.44. The van der Waals surface area contributed by atoms with Crippen LogP contribution in [0.2, 0.25) is 0 Å². The Morgan fingerprint density at radius 1 is 1.45 bits per heavy atom. The van der Waals surface area contributed by atoms with Crippen molar-refractivity contribution >= 4 is 5.91 Å². The number of amides is 1. The molecule has 1 amide bonds. The summed E-state index contributed by atoms with van der Waals surface area (Å²) in [4.78, 5) is 14.1. The quantitative estimate of drug-likeness (QED) is 0.926. The van der Waals surface area contributed by atoms with Crippen LogP contribution in [0.25, 0.3) is 0 Å². The van der Waals surface area contributed by atoms with Crippen molar-refractivity contribution in [3.05, 3.63) is 34.9 Å². The molecule has 0 aliphatic heterocycles. The SMILES string of the molecule is Cc1cc(CN(C)C(=O)c2cc(C(C)C)nn2C)n[nH]1. The first-order chi connectivity index (χ1) is 9.38. The normalized spacial score (nSPS) is 11.1. The summed E-state index contributed by atoms with van der Waals surface area (Å²) in [7, 11) is 3.57. The number of rotatable bonds is 4. The molecule has 0 aliphatic rings. The van der Waals surface area contributed by atoms with Gasteiger partial charge in [0.2, 0.25) is 0 Å². The summed E-state index contributed by atoms with van der Waals surface area (Å²) >= 11 is 0. The van der Waals surface area contributed by atoms with Crippen molar-refractivity contribution in [3.63, 3.8) is 0 Å². The highest BCUT2D eigenvalue weighted by atomic mass is 16.2. The van der Waals surface area contributed by atoms with E-state index in [2.05, 4.69) is 29.1 Å². The maximum Gasteiger partial charge on any atom is 0.272 e. The average molecular weight is 275 g/mol. The van der Waals surface area contributed by atoms with Crippen LogP contribution in [0.3, 0.4) is 0 Å². The summed E-state index contributed by atoms with van der Waals surface area (Å²) in [5.74, 6) is 0.259. The lowest BCUT2D eigenvalue weighted by Crippen LogP contribution is -2.28. The molecule has 20 heavy (non-hydrogen) atoms. The van der Waals surface area contributed by atoms with E-state index >= 15 is 0 Å². The van der Waals surface area contributed by atoms with Crippen molar-refractivity contribution in [1.82, 2.24) is 24.9 Å². The molecular weight excluding hydrogens is 254 g/mol. The lowest BCUT2D eigenvalue weighted by molar-refractivity contribution is 0.0772. The topological polar surface area (TPSA) is 66.8 Å². The molecule has 1 N–H and O–H groups in total. The van der Waals surface area contributed by atoms with Gasteiger partial charge in [0.15, 0.2) is 0 Å². The highest BCUT2D eigenvalue weighted by Crippen LogP contribution is 2.15. The summed E-state index contributed by atoms with van der Waals surface area (Å²) in [5.41, 5.74) is 3.37. The molecule has 0 spiro atoms. The lowest BCUT2D eigenvalue weighted by atomic mass is 10.1. The summed E-state index contributed by atoms with van der Waals surface area (Å²) < 4.78 is 1.64. The third kappa shape index (κ3) is 2.89. The maximum atomic E-state index is 12.4. The number of hydrogen-bond acceptors (Lipinski definition) is 3. The Bertz CT molecular complexity index is 611. The van der Waals surface area contributed by atoms with Gasteiger partial charge in [0, 0.05) is 19.8 Å². The highest BCUT2D eigenvalue weighted by Gasteiger charge is 2.19. The Kier molecular flexibility index (Phi) is 3.92. The smallest absolute Gasteiger partial charge is 0.272 e. The Balaban J connectivity index is 2.14. The summed E-state index contributed by atoms with van der Waals surface area (Å²) in [6.07, 6.45) is 0. The number of aryl methyl sites for hydroxylation is 2. The molecule has 0 bridgehead atoms. The molecule has 0 saturated heterocycles. The van der Waals surface area contributed by atoms with E-state index in [9.17, 15) is 4.79 Å². The van der Waals surface area contributed by atoms with Crippen LogP contribution in [-0.4, -0.2) is 37.8 Å². The zero-order valence-electron chi connectivity index (χ0n) is 12.6. The molecule has 0 unspecified atom stereocenters. The van der Waals surface area contributed by atoms with Crippen molar-refractivity contribution in [1.29, 1.82) is 0 Å². The van der Waals surface area contributed by atoms with Gasteiger partial charge in [-0.25, -0.2) is 0 Å². The zero-order chi connectivity index (χ0) is 14.9. The molecule has 2 aromatic heterocycles. The van der Waals surface area contributed by atoms with Crippen LogP contribution in [0.15, 0.2) is 12.1 Å². The third-order valence-corrected chi connectivity index (χ3v) is 3.21. The molecule has 6 nitrogen and oxygen atoms in total. The first-order valence-corrected chi connectivity index (χ1v) is 6.68. The number of H-pyrrole nitrogens is 1. The second kappa shape index (κ2) is 5.48. The molecule has 0 atom stereocenters. The number of nitrogens with zero attached hydrogens (tertiary/aromatic N) is 4. The van der Waals surface area contributed by atoms with Crippen molar-refractivity contribution in [2.24, 2.45) is 7.05 Å². The number of nitrogens with one attached hydrogen (secondary N) is 1. The molecule has 2 heterocycles. The Morgan fingerprint density at radius 2 is 2.15 bits per heavy atom. The summed E-state index contributed by atoms with van der Waals surface area (Å²) in [5, 5.41) is 11.4. The summed E-state index contributed by atoms with van der Waals surface area (Å²) in [6.45, 7) is 6.54. The third-order valence-electron chi connectivity index (χ3n) is 3.21. The minimum Gasteiger partial charge on any atom is -0.334 e. The van der Waals surface area contributed by atoms with E-state index in [1.807, 2.05) is 19.1 Å². The van der Waals surface area contributed by atoms with Gasteiger partial charge in [0.05, 0.1) is 17.9 Å². The number of aromatic nitrogens is 4. The second-order valence-electron chi connectivity index (χ2n) is 5.44. The van der Waals surface area contributed by atoms with Gasteiger partial charge in [0.1, 0.15) is 5.69 Å². The van der Waals surface area contributed by atoms with Crippen LogP contribution in [0.5, 0.6) is 0 Å². The molecule has 2 aromatic rings. The van der Waals surface area contributed by atoms with E-state index in [1.54, 1.807) is 23.7 Å².